The molecule has 0 spiro atoms. The molecule has 0 aromatic heterocycles. The molecule has 5 nitrogen and oxygen atoms in total. The largest absolute Gasteiger partial charge is 0.411 e. The lowest BCUT2D eigenvalue weighted by molar-refractivity contribution is -0.197. The van der Waals surface area contributed by atoms with E-state index in [0.717, 1.165) is 0 Å². The van der Waals surface area contributed by atoms with E-state index in [1.165, 1.54) is 19.3 Å². The predicted molar refractivity (Wildman–Crippen MR) is 49.3 cm³/mol. The van der Waals surface area contributed by atoms with Crippen LogP contribution in [-0.4, -0.2) is 30.1 Å². The third-order valence-corrected chi connectivity index (χ3v) is 1.94. The molecule has 0 aliphatic carbocycles. The maximum absolute atomic E-state index is 12.0. The fourth-order valence-corrected chi connectivity index (χ4v) is 1.16. The lowest BCUT2D eigenvalue weighted by atomic mass is 10.1. The van der Waals surface area contributed by atoms with E-state index in [2.05, 4.69) is 15.0 Å². The molecule has 8 heteroatoms. The molecule has 1 aliphatic rings. The number of aliphatic imine (C=N–C) groups is 1. The summed E-state index contributed by atoms with van der Waals surface area (Å²) in [4.78, 5) is 14.8. The number of nitrogens with two attached hydrogens (primary N) is 1. The lowest BCUT2D eigenvalue weighted by Crippen LogP contribution is -2.62. The highest BCUT2D eigenvalue weighted by molar-refractivity contribution is 6.10. The zero-order chi connectivity index (χ0) is 12.4. The number of nitrogens with zero attached hydrogens (tertiary/aromatic N) is 1. The van der Waals surface area contributed by atoms with Crippen molar-refractivity contribution in [2.45, 2.75) is 18.8 Å². The Morgan fingerprint density at radius 1 is 1.69 bits per heavy atom. The molecule has 0 radical (unpaired) electrons. The van der Waals surface area contributed by atoms with Crippen LogP contribution in [0.5, 0.6) is 0 Å². The highest BCUT2D eigenvalue weighted by Crippen LogP contribution is 2.20. The second-order valence-electron chi connectivity index (χ2n) is 3.12. The Labute approximate surface area is 89.2 Å². The number of primary amides is 1. The van der Waals surface area contributed by atoms with Gasteiger partial charge < -0.3 is 15.8 Å². The molecule has 0 saturated carbocycles. The van der Waals surface area contributed by atoms with Crippen LogP contribution < -0.4 is 11.1 Å². The van der Waals surface area contributed by atoms with Crippen LogP contribution in [0.25, 0.3) is 0 Å². The molecule has 1 heterocycles. The highest BCUT2D eigenvalue weighted by atomic mass is 19.4. The van der Waals surface area contributed by atoms with E-state index >= 15 is 0 Å². The summed E-state index contributed by atoms with van der Waals surface area (Å²) in [5, 5.41) is 2.35. The van der Waals surface area contributed by atoms with Crippen molar-refractivity contribution in [1.29, 1.82) is 0 Å². The minimum atomic E-state index is -4.55. The van der Waals surface area contributed by atoms with E-state index < -0.39 is 24.4 Å². The van der Waals surface area contributed by atoms with Crippen LogP contribution in [0, 0.1) is 0 Å². The Hall–Kier alpha value is -1.57. The molecule has 0 aromatic carbocycles. The Balaban J connectivity index is 2.87. The SMILES string of the molecule is CC1=NC=CNC1(OCC(F)(F)F)C(N)=O. The molecule has 1 rings (SSSR count). The summed E-state index contributed by atoms with van der Waals surface area (Å²) in [6, 6.07) is 0. The molecular formula is C8H10F3N3O2. The Morgan fingerprint density at radius 2 is 2.31 bits per heavy atom. The molecule has 1 aliphatic heterocycles. The first kappa shape index (κ1) is 12.5. The molecule has 1 unspecified atom stereocenters. The van der Waals surface area contributed by atoms with E-state index in [1.54, 1.807) is 0 Å². The van der Waals surface area contributed by atoms with Gasteiger partial charge in [0.2, 0.25) is 0 Å². The number of rotatable bonds is 3. The van der Waals surface area contributed by atoms with E-state index in [9.17, 15) is 18.0 Å². The number of ether oxygens (including phenoxy) is 1. The van der Waals surface area contributed by atoms with Crippen molar-refractivity contribution in [2.24, 2.45) is 10.7 Å². The summed E-state index contributed by atoms with van der Waals surface area (Å²) in [6.07, 6.45) is -2.08. The van der Waals surface area contributed by atoms with Gasteiger partial charge in [-0.05, 0) is 6.92 Å². The van der Waals surface area contributed by atoms with Crippen LogP contribution in [-0.2, 0) is 9.53 Å². The van der Waals surface area contributed by atoms with Crippen LogP contribution in [0.1, 0.15) is 6.92 Å². The first-order valence-corrected chi connectivity index (χ1v) is 4.26. The molecule has 1 amide bonds. The van der Waals surface area contributed by atoms with Crippen LogP contribution in [0.2, 0.25) is 0 Å². The summed E-state index contributed by atoms with van der Waals surface area (Å²) in [5.74, 6) is -1.08. The third kappa shape index (κ3) is 2.51. The van der Waals surface area contributed by atoms with Gasteiger partial charge in [0, 0.05) is 12.4 Å². The molecule has 0 saturated heterocycles. The summed E-state index contributed by atoms with van der Waals surface area (Å²) in [6.45, 7) is -0.249. The monoisotopic (exact) mass is 237 g/mol. The first-order valence-electron chi connectivity index (χ1n) is 4.26. The van der Waals surface area contributed by atoms with Gasteiger partial charge in [-0.1, -0.05) is 0 Å². The van der Waals surface area contributed by atoms with Gasteiger partial charge in [-0.15, -0.1) is 0 Å². The summed E-state index contributed by atoms with van der Waals surface area (Å²) in [5.41, 5.74) is 3.01. The molecule has 0 aromatic rings. The number of hydrogen-bond donors (Lipinski definition) is 2. The zero-order valence-corrected chi connectivity index (χ0v) is 8.34. The number of carbonyl (C=O) groups is 1. The van der Waals surface area contributed by atoms with Gasteiger partial charge in [0.05, 0.1) is 5.71 Å². The maximum Gasteiger partial charge on any atom is 0.411 e. The second kappa shape index (κ2) is 4.12. The third-order valence-electron chi connectivity index (χ3n) is 1.94. The van der Waals surface area contributed by atoms with Crippen molar-refractivity contribution < 1.29 is 22.7 Å². The van der Waals surface area contributed by atoms with Crippen molar-refractivity contribution in [2.75, 3.05) is 6.61 Å². The van der Waals surface area contributed by atoms with Gasteiger partial charge in [-0.3, -0.25) is 9.79 Å². The van der Waals surface area contributed by atoms with Crippen LogP contribution in [0.3, 0.4) is 0 Å². The van der Waals surface area contributed by atoms with E-state index in [-0.39, 0.29) is 5.71 Å². The van der Waals surface area contributed by atoms with Crippen LogP contribution >= 0.6 is 0 Å². The Bertz CT molecular complexity index is 351. The van der Waals surface area contributed by atoms with Crippen LogP contribution in [0.15, 0.2) is 17.4 Å². The van der Waals surface area contributed by atoms with Gasteiger partial charge >= 0.3 is 6.18 Å². The molecule has 1 atom stereocenters. The zero-order valence-electron chi connectivity index (χ0n) is 8.34. The Kier molecular flexibility index (Phi) is 3.22. The Morgan fingerprint density at radius 3 is 2.75 bits per heavy atom. The molecular weight excluding hydrogens is 227 g/mol. The van der Waals surface area contributed by atoms with Gasteiger partial charge in [-0.2, -0.15) is 13.2 Å². The summed E-state index contributed by atoms with van der Waals surface area (Å²) >= 11 is 0. The molecule has 16 heavy (non-hydrogen) atoms. The number of alkyl halides is 3. The minimum absolute atomic E-state index is 0.0201. The standard InChI is InChI=1S/C8H10F3N3O2/c1-5-8(6(12)15,14-3-2-13-5)16-4-7(9,10)11/h2-3,14H,4H2,1H3,(H2,12,15). The van der Waals surface area contributed by atoms with E-state index in [4.69, 9.17) is 5.73 Å². The van der Waals surface area contributed by atoms with Gasteiger partial charge in [0.25, 0.3) is 11.6 Å². The fourth-order valence-electron chi connectivity index (χ4n) is 1.16. The topological polar surface area (TPSA) is 76.7 Å². The fraction of sp³-hybridized carbons (Fsp3) is 0.500. The number of nitrogens with one attached hydrogen (secondary N) is 1. The predicted octanol–water partition coefficient (Wildman–Crippen LogP) is 0.282. The lowest BCUT2D eigenvalue weighted by Gasteiger charge is -2.32. The number of amides is 1. The van der Waals surface area contributed by atoms with Crippen molar-refractivity contribution >= 4 is 11.6 Å². The minimum Gasteiger partial charge on any atom is -0.365 e. The quantitative estimate of drug-likeness (QED) is 0.740. The van der Waals surface area contributed by atoms with Crippen molar-refractivity contribution in [3.8, 4) is 0 Å². The van der Waals surface area contributed by atoms with E-state index in [0.29, 0.717) is 0 Å². The van der Waals surface area contributed by atoms with Crippen LogP contribution in [0.4, 0.5) is 13.2 Å². The van der Waals surface area contributed by atoms with Crippen molar-refractivity contribution in [3.63, 3.8) is 0 Å². The number of halogens is 3. The average Bonchev–Trinajstić information content (AvgIpc) is 2.15. The number of carbonyl (C=O) groups excluding carboxylic acids is 1. The van der Waals surface area contributed by atoms with Crippen molar-refractivity contribution in [3.05, 3.63) is 12.4 Å². The van der Waals surface area contributed by atoms with Gasteiger partial charge in [0.1, 0.15) is 6.61 Å². The first-order chi connectivity index (χ1) is 7.28. The smallest absolute Gasteiger partial charge is 0.365 e. The summed E-state index contributed by atoms with van der Waals surface area (Å²) in [7, 11) is 0. The molecule has 0 fully saturated rings. The van der Waals surface area contributed by atoms with Gasteiger partial charge in [-0.25, -0.2) is 0 Å². The molecule has 0 bridgehead atoms. The van der Waals surface area contributed by atoms with Crippen molar-refractivity contribution in [1.82, 2.24) is 5.32 Å². The maximum atomic E-state index is 12.0. The average molecular weight is 237 g/mol. The highest BCUT2D eigenvalue weighted by Gasteiger charge is 2.44. The summed E-state index contributed by atoms with van der Waals surface area (Å²) < 4.78 is 40.5. The molecule has 3 N–H and O–H groups in total. The molecule has 90 valence electrons. The van der Waals surface area contributed by atoms with Gasteiger partial charge in [0.15, 0.2) is 0 Å². The second-order valence-corrected chi connectivity index (χ2v) is 3.12. The normalized spacial score (nSPS) is 24.9. The van der Waals surface area contributed by atoms with E-state index in [1.807, 2.05) is 0 Å². The number of hydrogen-bond acceptors (Lipinski definition) is 4.